The number of nitrogens with one attached hydrogen (secondary N) is 1. The van der Waals surface area contributed by atoms with Gasteiger partial charge in [-0.05, 0) is 38.1 Å². The quantitative estimate of drug-likeness (QED) is 0.807. The SMILES string of the molecule is C1COCC(CNCC2CN3CCCC3CO2)C1. The molecular weight excluding hydrogens is 228 g/mol. The lowest BCUT2D eigenvalue weighted by molar-refractivity contribution is -0.0478. The van der Waals surface area contributed by atoms with Gasteiger partial charge in [0.15, 0.2) is 0 Å². The lowest BCUT2D eigenvalue weighted by Gasteiger charge is -2.35. The maximum Gasteiger partial charge on any atom is 0.0826 e. The number of hydrogen-bond donors (Lipinski definition) is 1. The van der Waals surface area contributed by atoms with Crippen LogP contribution in [0.2, 0.25) is 0 Å². The van der Waals surface area contributed by atoms with Crippen LogP contribution in [0.3, 0.4) is 0 Å². The molecule has 3 unspecified atom stereocenters. The Morgan fingerprint density at radius 2 is 2.11 bits per heavy atom. The Balaban J connectivity index is 1.33. The van der Waals surface area contributed by atoms with E-state index in [-0.39, 0.29) is 0 Å². The van der Waals surface area contributed by atoms with E-state index < -0.39 is 0 Å². The third-order valence-electron chi connectivity index (χ3n) is 4.52. The van der Waals surface area contributed by atoms with Crippen LogP contribution in [0.1, 0.15) is 25.7 Å². The Morgan fingerprint density at radius 1 is 1.11 bits per heavy atom. The highest BCUT2D eigenvalue weighted by atomic mass is 16.5. The highest BCUT2D eigenvalue weighted by Gasteiger charge is 2.31. The van der Waals surface area contributed by atoms with Gasteiger partial charge in [0.25, 0.3) is 0 Å². The van der Waals surface area contributed by atoms with E-state index >= 15 is 0 Å². The molecule has 3 rings (SSSR count). The van der Waals surface area contributed by atoms with Crippen molar-refractivity contribution in [3.63, 3.8) is 0 Å². The second-order valence-electron chi connectivity index (χ2n) is 5.99. The normalized spacial score (nSPS) is 37.7. The fraction of sp³-hybridized carbons (Fsp3) is 1.00. The van der Waals surface area contributed by atoms with Crippen molar-refractivity contribution in [3.8, 4) is 0 Å². The van der Waals surface area contributed by atoms with E-state index in [4.69, 9.17) is 9.47 Å². The average Bonchev–Trinajstić information content (AvgIpc) is 2.87. The van der Waals surface area contributed by atoms with Crippen LogP contribution in [0.25, 0.3) is 0 Å². The maximum absolute atomic E-state index is 5.95. The van der Waals surface area contributed by atoms with Gasteiger partial charge >= 0.3 is 0 Å². The van der Waals surface area contributed by atoms with Crippen molar-refractivity contribution < 1.29 is 9.47 Å². The maximum atomic E-state index is 5.95. The van der Waals surface area contributed by atoms with Crippen LogP contribution in [0, 0.1) is 5.92 Å². The van der Waals surface area contributed by atoms with Crippen molar-refractivity contribution in [1.29, 1.82) is 0 Å². The van der Waals surface area contributed by atoms with Crippen molar-refractivity contribution in [3.05, 3.63) is 0 Å². The third-order valence-corrected chi connectivity index (χ3v) is 4.52. The van der Waals surface area contributed by atoms with E-state index in [0.717, 1.165) is 39.5 Å². The molecule has 0 bridgehead atoms. The first-order chi connectivity index (χ1) is 8.92. The van der Waals surface area contributed by atoms with Crippen molar-refractivity contribution >= 4 is 0 Å². The molecule has 3 fully saturated rings. The predicted octanol–water partition coefficient (Wildman–Crippen LogP) is 0.866. The van der Waals surface area contributed by atoms with Gasteiger partial charge in [-0.3, -0.25) is 4.90 Å². The number of rotatable bonds is 4. The lowest BCUT2D eigenvalue weighted by atomic mass is 10.0. The molecule has 3 heterocycles. The number of fused-ring (bicyclic) bond motifs is 1. The van der Waals surface area contributed by atoms with Gasteiger partial charge in [-0.25, -0.2) is 0 Å². The minimum absolute atomic E-state index is 0.392. The first-order valence-corrected chi connectivity index (χ1v) is 7.56. The molecule has 0 aromatic heterocycles. The second-order valence-corrected chi connectivity index (χ2v) is 5.99. The van der Waals surface area contributed by atoms with Crippen LogP contribution in [0.5, 0.6) is 0 Å². The molecule has 0 aromatic carbocycles. The molecule has 4 nitrogen and oxygen atoms in total. The number of ether oxygens (including phenoxy) is 2. The molecule has 3 saturated heterocycles. The second kappa shape index (κ2) is 6.33. The zero-order valence-corrected chi connectivity index (χ0v) is 11.3. The summed E-state index contributed by atoms with van der Waals surface area (Å²) in [4.78, 5) is 2.61. The molecule has 0 radical (unpaired) electrons. The number of morpholine rings is 1. The Labute approximate surface area is 110 Å². The summed E-state index contributed by atoms with van der Waals surface area (Å²) in [5.74, 6) is 0.710. The van der Waals surface area contributed by atoms with Crippen LogP contribution in [0.15, 0.2) is 0 Å². The highest BCUT2D eigenvalue weighted by Crippen LogP contribution is 2.22. The first kappa shape index (κ1) is 12.9. The standard InChI is InChI=1S/C14H26N2O2/c1-4-13-11-18-14(9-16(13)5-1)8-15-7-12-3-2-6-17-10-12/h12-15H,1-11H2. The zero-order chi connectivity index (χ0) is 12.2. The minimum Gasteiger partial charge on any atom is -0.381 e. The molecule has 0 amide bonds. The molecule has 0 spiro atoms. The van der Waals surface area contributed by atoms with E-state index in [0.29, 0.717) is 18.1 Å². The van der Waals surface area contributed by atoms with E-state index in [1.54, 1.807) is 0 Å². The summed E-state index contributed by atoms with van der Waals surface area (Å²) >= 11 is 0. The summed E-state index contributed by atoms with van der Waals surface area (Å²) in [6.07, 6.45) is 5.62. The summed E-state index contributed by atoms with van der Waals surface area (Å²) in [6.45, 7) is 7.33. The Bertz CT molecular complexity index is 256. The summed E-state index contributed by atoms with van der Waals surface area (Å²) in [7, 11) is 0. The molecule has 104 valence electrons. The smallest absolute Gasteiger partial charge is 0.0826 e. The summed E-state index contributed by atoms with van der Waals surface area (Å²) in [5.41, 5.74) is 0. The molecule has 0 saturated carbocycles. The highest BCUT2D eigenvalue weighted by molar-refractivity contribution is 4.86. The van der Waals surface area contributed by atoms with Crippen LogP contribution < -0.4 is 5.32 Å². The Morgan fingerprint density at radius 3 is 3.00 bits per heavy atom. The molecule has 0 aliphatic carbocycles. The number of nitrogens with zero attached hydrogens (tertiary/aromatic N) is 1. The van der Waals surface area contributed by atoms with Crippen LogP contribution in [-0.2, 0) is 9.47 Å². The van der Waals surface area contributed by atoms with E-state index in [1.807, 2.05) is 0 Å². The molecule has 3 atom stereocenters. The molecule has 3 aliphatic heterocycles. The minimum atomic E-state index is 0.392. The van der Waals surface area contributed by atoms with E-state index in [9.17, 15) is 0 Å². The van der Waals surface area contributed by atoms with Crippen LogP contribution >= 0.6 is 0 Å². The van der Waals surface area contributed by atoms with Crippen molar-refractivity contribution in [2.24, 2.45) is 5.92 Å². The van der Waals surface area contributed by atoms with Gasteiger partial charge in [0.05, 0.1) is 19.3 Å². The van der Waals surface area contributed by atoms with Gasteiger partial charge in [0.2, 0.25) is 0 Å². The van der Waals surface area contributed by atoms with Gasteiger partial charge in [0, 0.05) is 32.3 Å². The largest absolute Gasteiger partial charge is 0.381 e. The van der Waals surface area contributed by atoms with Gasteiger partial charge in [-0.1, -0.05) is 0 Å². The summed E-state index contributed by atoms with van der Waals surface area (Å²) in [6, 6.07) is 0.716. The van der Waals surface area contributed by atoms with Crippen LogP contribution in [0.4, 0.5) is 0 Å². The van der Waals surface area contributed by atoms with Crippen molar-refractivity contribution in [2.45, 2.75) is 37.8 Å². The first-order valence-electron chi connectivity index (χ1n) is 7.56. The topological polar surface area (TPSA) is 33.7 Å². The molecular formula is C14H26N2O2. The molecule has 3 aliphatic rings. The monoisotopic (exact) mass is 254 g/mol. The molecule has 1 N–H and O–H groups in total. The van der Waals surface area contributed by atoms with E-state index in [1.165, 1.54) is 32.2 Å². The fourth-order valence-corrected chi connectivity index (χ4v) is 3.43. The Hall–Kier alpha value is -0.160. The lowest BCUT2D eigenvalue weighted by Crippen LogP contribution is -2.49. The number of hydrogen-bond acceptors (Lipinski definition) is 4. The molecule has 4 heteroatoms. The summed E-state index contributed by atoms with van der Waals surface area (Å²) < 4.78 is 11.4. The van der Waals surface area contributed by atoms with Gasteiger partial charge < -0.3 is 14.8 Å². The van der Waals surface area contributed by atoms with E-state index in [2.05, 4.69) is 10.2 Å². The molecule has 0 aromatic rings. The summed E-state index contributed by atoms with van der Waals surface area (Å²) in [5, 5.41) is 3.57. The zero-order valence-electron chi connectivity index (χ0n) is 11.3. The van der Waals surface area contributed by atoms with Crippen molar-refractivity contribution in [2.75, 3.05) is 46.0 Å². The van der Waals surface area contributed by atoms with Gasteiger partial charge in [0.1, 0.15) is 0 Å². The molecule has 18 heavy (non-hydrogen) atoms. The Kier molecular flexibility index (Phi) is 4.52. The average molecular weight is 254 g/mol. The third kappa shape index (κ3) is 3.23. The van der Waals surface area contributed by atoms with Crippen LogP contribution in [-0.4, -0.2) is 63.0 Å². The van der Waals surface area contributed by atoms with Gasteiger partial charge in [-0.15, -0.1) is 0 Å². The van der Waals surface area contributed by atoms with Gasteiger partial charge in [-0.2, -0.15) is 0 Å². The predicted molar refractivity (Wildman–Crippen MR) is 70.7 cm³/mol. The fourth-order valence-electron chi connectivity index (χ4n) is 3.43. The van der Waals surface area contributed by atoms with Crippen molar-refractivity contribution in [1.82, 2.24) is 10.2 Å².